The number of nitrogens with zero attached hydrogens (tertiary/aromatic N) is 2. The summed E-state index contributed by atoms with van der Waals surface area (Å²) in [4.78, 5) is 24.9. The van der Waals surface area contributed by atoms with E-state index in [0.717, 1.165) is 11.3 Å². The van der Waals surface area contributed by atoms with Crippen LogP contribution in [-0.4, -0.2) is 21.6 Å². The van der Waals surface area contributed by atoms with Gasteiger partial charge in [-0.3, -0.25) is 9.59 Å². The molecule has 7 nitrogen and oxygen atoms in total. The Morgan fingerprint density at radius 1 is 0.903 bits per heavy atom. The fraction of sp³-hybridized carbons (Fsp3) is 0.125. The summed E-state index contributed by atoms with van der Waals surface area (Å²) in [5.41, 5.74) is 2.81. The normalized spacial score (nSPS) is 10.8. The lowest BCUT2D eigenvalue weighted by Gasteiger charge is -2.12. The van der Waals surface area contributed by atoms with Crippen molar-refractivity contribution < 1.29 is 14.0 Å². The van der Waals surface area contributed by atoms with Gasteiger partial charge in [0.05, 0.1) is 12.0 Å². The van der Waals surface area contributed by atoms with Gasteiger partial charge in [0.2, 0.25) is 0 Å². The van der Waals surface area contributed by atoms with Gasteiger partial charge in [0.25, 0.3) is 11.8 Å². The first kappa shape index (κ1) is 20.2. The van der Waals surface area contributed by atoms with Crippen LogP contribution in [0.15, 0.2) is 83.5 Å². The molecule has 0 aliphatic carbocycles. The molecule has 0 fully saturated rings. The van der Waals surface area contributed by atoms with Gasteiger partial charge in [-0.15, -0.1) is 0 Å². The average molecular weight is 414 g/mol. The van der Waals surface area contributed by atoms with Crippen LogP contribution >= 0.6 is 0 Å². The zero-order valence-corrected chi connectivity index (χ0v) is 17.2. The molecule has 156 valence electrons. The number of furan rings is 1. The van der Waals surface area contributed by atoms with Crippen molar-refractivity contribution in [3.63, 3.8) is 0 Å². The maximum absolute atomic E-state index is 12.8. The van der Waals surface area contributed by atoms with E-state index in [1.54, 1.807) is 41.1 Å². The third kappa shape index (κ3) is 4.56. The van der Waals surface area contributed by atoms with E-state index in [4.69, 9.17) is 4.42 Å². The fourth-order valence-corrected chi connectivity index (χ4v) is 3.13. The highest BCUT2D eigenvalue weighted by atomic mass is 16.3. The van der Waals surface area contributed by atoms with Gasteiger partial charge in [0.15, 0.2) is 5.76 Å². The second-order valence-corrected chi connectivity index (χ2v) is 7.28. The van der Waals surface area contributed by atoms with E-state index < -0.39 is 0 Å². The van der Waals surface area contributed by atoms with E-state index >= 15 is 0 Å². The Morgan fingerprint density at radius 3 is 2.29 bits per heavy atom. The predicted molar refractivity (Wildman–Crippen MR) is 119 cm³/mol. The Labute approximate surface area is 179 Å². The molecule has 4 aromatic rings. The molecule has 2 aromatic heterocycles. The van der Waals surface area contributed by atoms with Gasteiger partial charge < -0.3 is 15.1 Å². The van der Waals surface area contributed by atoms with Crippen LogP contribution in [0.1, 0.15) is 40.8 Å². The summed E-state index contributed by atoms with van der Waals surface area (Å²) in [5, 5.41) is 10.3. The number of hydrogen-bond acceptors (Lipinski definition) is 4. The molecule has 2 N–H and O–H groups in total. The van der Waals surface area contributed by atoms with E-state index in [-0.39, 0.29) is 23.6 Å². The number of hydrogen-bond donors (Lipinski definition) is 2. The molecule has 7 heteroatoms. The molecule has 2 aromatic carbocycles. The second-order valence-electron chi connectivity index (χ2n) is 7.28. The summed E-state index contributed by atoms with van der Waals surface area (Å²) in [6.45, 7) is 4.02. The second kappa shape index (κ2) is 8.71. The number of carbonyl (C=O) groups is 2. The third-order valence-corrected chi connectivity index (χ3v) is 4.69. The number of rotatable bonds is 6. The lowest BCUT2D eigenvalue weighted by molar-refractivity contribution is 0.0995. The van der Waals surface area contributed by atoms with Crippen LogP contribution in [0.25, 0.3) is 11.3 Å². The monoisotopic (exact) mass is 414 g/mol. The van der Waals surface area contributed by atoms with Crippen molar-refractivity contribution in [3.05, 3.63) is 90.4 Å². The Hall–Kier alpha value is -4.13. The van der Waals surface area contributed by atoms with Gasteiger partial charge in [-0.2, -0.15) is 5.10 Å². The fourth-order valence-electron chi connectivity index (χ4n) is 3.13. The Bertz CT molecular complexity index is 1180. The summed E-state index contributed by atoms with van der Waals surface area (Å²) < 4.78 is 6.87. The van der Waals surface area contributed by atoms with Crippen LogP contribution in [0.3, 0.4) is 0 Å². The van der Waals surface area contributed by atoms with Gasteiger partial charge >= 0.3 is 0 Å². The molecule has 0 aliphatic rings. The number of amides is 2. The minimum absolute atomic E-state index is 0.0759. The minimum Gasteiger partial charge on any atom is -0.459 e. The topological polar surface area (TPSA) is 89.2 Å². The summed E-state index contributed by atoms with van der Waals surface area (Å²) in [6, 6.07) is 21.6. The molecule has 0 unspecified atom stereocenters. The number of carbonyl (C=O) groups excluding carboxylic acids is 2. The summed E-state index contributed by atoms with van der Waals surface area (Å²) in [5.74, 6) is 0.230. The first-order valence-electron chi connectivity index (χ1n) is 9.92. The number of aromatic nitrogens is 2. The van der Waals surface area contributed by atoms with E-state index in [1.807, 2.05) is 50.2 Å². The summed E-state index contributed by atoms with van der Waals surface area (Å²) >= 11 is 0. The molecule has 0 saturated heterocycles. The van der Waals surface area contributed by atoms with E-state index in [9.17, 15) is 9.59 Å². The van der Waals surface area contributed by atoms with E-state index in [1.165, 1.54) is 6.26 Å². The van der Waals surface area contributed by atoms with Crippen LogP contribution in [0.4, 0.5) is 11.5 Å². The van der Waals surface area contributed by atoms with Gasteiger partial charge in [-0.05, 0) is 50.2 Å². The van der Waals surface area contributed by atoms with Crippen molar-refractivity contribution in [1.82, 2.24) is 9.78 Å². The van der Waals surface area contributed by atoms with Crippen LogP contribution in [0.5, 0.6) is 0 Å². The molecule has 31 heavy (non-hydrogen) atoms. The first-order chi connectivity index (χ1) is 15.0. The van der Waals surface area contributed by atoms with Crippen LogP contribution < -0.4 is 10.6 Å². The molecule has 4 rings (SSSR count). The summed E-state index contributed by atoms with van der Waals surface area (Å²) in [6.07, 6.45) is 1.44. The van der Waals surface area contributed by atoms with Crippen LogP contribution in [0, 0.1) is 0 Å². The molecule has 0 atom stereocenters. The molecule has 2 amide bonds. The maximum Gasteiger partial charge on any atom is 0.291 e. The van der Waals surface area contributed by atoms with Gasteiger partial charge in [-0.25, -0.2) is 4.68 Å². The smallest absolute Gasteiger partial charge is 0.291 e. The first-order valence-corrected chi connectivity index (χ1v) is 9.92. The highest BCUT2D eigenvalue weighted by Gasteiger charge is 2.16. The molecule has 0 aliphatic heterocycles. The lowest BCUT2D eigenvalue weighted by Crippen LogP contribution is -2.17. The number of benzene rings is 2. The molecule has 0 spiro atoms. The van der Waals surface area contributed by atoms with Gasteiger partial charge in [0, 0.05) is 28.9 Å². The van der Waals surface area contributed by atoms with Gasteiger partial charge in [0.1, 0.15) is 5.82 Å². The predicted octanol–water partition coefficient (Wildman–Crippen LogP) is 5.23. The van der Waals surface area contributed by atoms with Crippen LogP contribution in [-0.2, 0) is 0 Å². The number of anilines is 2. The average Bonchev–Trinajstić information content (AvgIpc) is 3.45. The van der Waals surface area contributed by atoms with Crippen molar-refractivity contribution in [3.8, 4) is 11.3 Å². The Kier molecular flexibility index (Phi) is 5.66. The molecular weight excluding hydrogens is 392 g/mol. The van der Waals surface area contributed by atoms with Crippen molar-refractivity contribution >= 4 is 23.3 Å². The zero-order valence-electron chi connectivity index (χ0n) is 17.2. The third-order valence-electron chi connectivity index (χ3n) is 4.69. The molecule has 0 radical (unpaired) electrons. The van der Waals surface area contributed by atoms with E-state index in [0.29, 0.717) is 17.1 Å². The standard InChI is InChI=1S/C24H22N4O3/c1-16(2)28-22(15-20(27-28)17-7-4-3-5-8-17)26-23(29)18-10-12-19(13-11-18)25-24(30)21-9-6-14-31-21/h3-16H,1-2H3,(H,25,30)(H,26,29). The maximum atomic E-state index is 12.8. The lowest BCUT2D eigenvalue weighted by atomic mass is 10.1. The quantitative estimate of drug-likeness (QED) is 0.452. The highest BCUT2D eigenvalue weighted by Crippen LogP contribution is 2.25. The Balaban J connectivity index is 1.49. The zero-order chi connectivity index (χ0) is 21.8. The molecule has 2 heterocycles. The highest BCUT2D eigenvalue weighted by molar-refractivity contribution is 6.05. The Morgan fingerprint density at radius 2 is 1.65 bits per heavy atom. The summed E-state index contributed by atoms with van der Waals surface area (Å²) in [7, 11) is 0. The minimum atomic E-state index is -0.350. The van der Waals surface area contributed by atoms with Crippen molar-refractivity contribution in [2.75, 3.05) is 10.6 Å². The number of nitrogens with one attached hydrogen (secondary N) is 2. The van der Waals surface area contributed by atoms with Gasteiger partial charge in [-0.1, -0.05) is 30.3 Å². The molecular formula is C24H22N4O3. The van der Waals surface area contributed by atoms with E-state index in [2.05, 4.69) is 15.7 Å². The van der Waals surface area contributed by atoms with Crippen molar-refractivity contribution in [2.45, 2.75) is 19.9 Å². The van der Waals surface area contributed by atoms with Crippen molar-refractivity contribution in [1.29, 1.82) is 0 Å². The molecule has 0 bridgehead atoms. The largest absolute Gasteiger partial charge is 0.459 e. The van der Waals surface area contributed by atoms with Crippen molar-refractivity contribution in [2.24, 2.45) is 0 Å². The van der Waals surface area contributed by atoms with Crippen LogP contribution in [0.2, 0.25) is 0 Å². The SMILES string of the molecule is CC(C)n1nc(-c2ccccc2)cc1NC(=O)c1ccc(NC(=O)c2ccco2)cc1. The molecule has 0 saturated carbocycles.